The molecule has 23 heavy (non-hydrogen) atoms. The summed E-state index contributed by atoms with van der Waals surface area (Å²) in [5.74, 6) is 1.25. The number of carbonyl (C=O) groups is 1. The van der Waals surface area contributed by atoms with Gasteiger partial charge in [-0.1, -0.05) is 6.92 Å². The van der Waals surface area contributed by atoms with E-state index in [-0.39, 0.29) is 12.5 Å². The molecule has 0 aromatic carbocycles. The molecule has 3 heterocycles. The van der Waals surface area contributed by atoms with E-state index in [1.807, 2.05) is 11.8 Å². The summed E-state index contributed by atoms with van der Waals surface area (Å²) in [5.41, 5.74) is 0.386. The Morgan fingerprint density at radius 2 is 1.91 bits per heavy atom. The minimum atomic E-state index is -0.283. The van der Waals surface area contributed by atoms with Gasteiger partial charge in [-0.3, -0.25) is 4.79 Å². The van der Waals surface area contributed by atoms with Gasteiger partial charge in [-0.05, 0) is 0 Å². The van der Waals surface area contributed by atoms with Crippen molar-refractivity contribution in [1.82, 2.24) is 25.5 Å². The SMILES string of the molecule is CCc1nnc(CNC(=O)c2cnc(N3CCOCC3)nc2)o1. The Balaban J connectivity index is 1.56. The second kappa shape index (κ2) is 7.14. The molecule has 0 radical (unpaired) electrons. The molecule has 9 nitrogen and oxygen atoms in total. The van der Waals surface area contributed by atoms with Crippen molar-refractivity contribution >= 4 is 11.9 Å². The topological polar surface area (TPSA) is 106 Å². The Morgan fingerprint density at radius 1 is 1.22 bits per heavy atom. The van der Waals surface area contributed by atoms with Crippen molar-refractivity contribution in [3.8, 4) is 0 Å². The average Bonchev–Trinajstić information content (AvgIpc) is 3.09. The summed E-state index contributed by atoms with van der Waals surface area (Å²) >= 11 is 0. The van der Waals surface area contributed by atoms with Crippen LogP contribution in [0.2, 0.25) is 0 Å². The number of carbonyl (C=O) groups excluding carboxylic acids is 1. The van der Waals surface area contributed by atoms with Crippen molar-refractivity contribution in [2.45, 2.75) is 19.9 Å². The molecule has 1 aliphatic rings. The first-order chi connectivity index (χ1) is 11.3. The van der Waals surface area contributed by atoms with E-state index in [0.717, 1.165) is 13.1 Å². The number of nitrogens with one attached hydrogen (secondary N) is 1. The third-order valence-electron chi connectivity index (χ3n) is 3.41. The van der Waals surface area contributed by atoms with Crippen molar-refractivity contribution in [3.05, 3.63) is 29.7 Å². The smallest absolute Gasteiger partial charge is 0.254 e. The Hall–Kier alpha value is -2.55. The zero-order valence-electron chi connectivity index (χ0n) is 12.9. The predicted octanol–water partition coefficient (Wildman–Crippen LogP) is 0.189. The maximum atomic E-state index is 12.1. The molecule has 0 saturated carbocycles. The maximum absolute atomic E-state index is 12.1. The lowest BCUT2D eigenvalue weighted by Gasteiger charge is -2.26. The van der Waals surface area contributed by atoms with Gasteiger partial charge in [0.2, 0.25) is 17.7 Å². The van der Waals surface area contributed by atoms with Crippen LogP contribution in [0.15, 0.2) is 16.8 Å². The summed E-state index contributed by atoms with van der Waals surface area (Å²) in [7, 11) is 0. The summed E-state index contributed by atoms with van der Waals surface area (Å²) in [5, 5.41) is 10.4. The molecule has 9 heteroatoms. The highest BCUT2D eigenvalue weighted by molar-refractivity contribution is 5.93. The number of hydrogen-bond donors (Lipinski definition) is 1. The number of amides is 1. The number of aromatic nitrogens is 4. The van der Waals surface area contributed by atoms with Crippen molar-refractivity contribution in [2.24, 2.45) is 0 Å². The van der Waals surface area contributed by atoms with Gasteiger partial charge in [0, 0.05) is 31.9 Å². The Kier molecular flexibility index (Phi) is 4.77. The lowest BCUT2D eigenvalue weighted by molar-refractivity contribution is 0.0946. The number of rotatable bonds is 5. The van der Waals surface area contributed by atoms with Crippen LogP contribution in [-0.4, -0.2) is 52.4 Å². The van der Waals surface area contributed by atoms with Gasteiger partial charge >= 0.3 is 0 Å². The molecule has 0 aliphatic carbocycles. The minimum absolute atomic E-state index is 0.178. The first kappa shape index (κ1) is 15.3. The van der Waals surface area contributed by atoms with Crippen molar-refractivity contribution in [1.29, 1.82) is 0 Å². The molecule has 1 aliphatic heterocycles. The first-order valence-electron chi connectivity index (χ1n) is 7.50. The van der Waals surface area contributed by atoms with E-state index in [1.165, 1.54) is 12.4 Å². The standard InChI is InChI=1S/C14H18N6O3/c1-2-11-18-19-12(23-11)9-15-13(21)10-7-16-14(17-8-10)20-3-5-22-6-4-20/h7-8H,2-6,9H2,1H3,(H,15,21). The van der Waals surface area contributed by atoms with Crippen molar-refractivity contribution < 1.29 is 13.9 Å². The van der Waals surface area contributed by atoms with E-state index < -0.39 is 0 Å². The summed E-state index contributed by atoms with van der Waals surface area (Å²) in [6.07, 6.45) is 3.69. The molecule has 1 N–H and O–H groups in total. The first-order valence-corrected chi connectivity index (χ1v) is 7.50. The summed E-state index contributed by atoms with van der Waals surface area (Å²) in [6.45, 7) is 4.93. The molecule has 0 unspecified atom stereocenters. The second-order valence-electron chi connectivity index (χ2n) is 5.00. The highest BCUT2D eigenvalue weighted by Gasteiger charge is 2.15. The highest BCUT2D eigenvalue weighted by Crippen LogP contribution is 2.09. The number of ether oxygens (including phenoxy) is 1. The minimum Gasteiger partial charge on any atom is -0.423 e. The molecule has 0 spiro atoms. The Labute approximate surface area is 133 Å². The number of nitrogens with zero attached hydrogens (tertiary/aromatic N) is 5. The van der Waals surface area contributed by atoms with E-state index in [4.69, 9.17) is 9.15 Å². The van der Waals surface area contributed by atoms with E-state index in [9.17, 15) is 4.79 Å². The summed E-state index contributed by atoms with van der Waals surface area (Å²) < 4.78 is 10.6. The molecular formula is C14H18N6O3. The molecule has 1 amide bonds. The molecule has 0 atom stereocenters. The van der Waals surface area contributed by atoms with Crippen molar-refractivity contribution in [2.75, 3.05) is 31.2 Å². The molecular weight excluding hydrogens is 300 g/mol. The summed E-state index contributed by atoms with van der Waals surface area (Å²) in [6, 6.07) is 0. The molecule has 1 fully saturated rings. The van der Waals surface area contributed by atoms with Crippen LogP contribution in [0.25, 0.3) is 0 Å². The highest BCUT2D eigenvalue weighted by atomic mass is 16.5. The quantitative estimate of drug-likeness (QED) is 0.832. The van der Waals surface area contributed by atoms with Crippen molar-refractivity contribution in [3.63, 3.8) is 0 Å². The van der Waals surface area contributed by atoms with Crippen LogP contribution in [0, 0.1) is 0 Å². The fourth-order valence-electron chi connectivity index (χ4n) is 2.13. The van der Waals surface area contributed by atoms with E-state index in [0.29, 0.717) is 42.9 Å². The van der Waals surface area contributed by atoms with Gasteiger partial charge in [-0.2, -0.15) is 0 Å². The Morgan fingerprint density at radius 3 is 2.57 bits per heavy atom. The lowest BCUT2D eigenvalue weighted by atomic mass is 10.3. The number of anilines is 1. The molecule has 2 aromatic heterocycles. The fourth-order valence-corrected chi connectivity index (χ4v) is 2.13. The number of morpholine rings is 1. The van der Waals surface area contributed by atoms with Crippen LogP contribution in [-0.2, 0) is 17.7 Å². The second-order valence-corrected chi connectivity index (χ2v) is 5.00. The van der Waals surface area contributed by atoms with Crippen LogP contribution >= 0.6 is 0 Å². The van der Waals surface area contributed by atoms with Crippen LogP contribution in [0.3, 0.4) is 0 Å². The third kappa shape index (κ3) is 3.81. The Bertz CT molecular complexity index is 651. The molecule has 2 aromatic rings. The average molecular weight is 318 g/mol. The van der Waals surface area contributed by atoms with E-state index in [2.05, 4.69) is 25.5 Å². The molecule has 0 bridgehead atoms. The number of hydrogen-bond acceptors (Lipinski definition) is 8. The number of aryl methyl sites for hydroxylation is 1. The van der Waals surface area contributed by atoms with Crippen LogP contribution in [0.4, 0.5) is 5.95 Å². The van der Waals surface area contributed by atoms with Gasteiger partial charge in [0.05, 0.1) is 25.3 Å². The van der Waals surface area contributed by atoms with Gasteiger partial charge < -0.3 is 19.4 Å². The molecule has 1 saturated heterocycles. The van der Waals surface area contributed by atoms with Crippen LogP contribution in [0.5, 0.6) is 0 Å². The van der Waals surface area contributed by atoms with Gasteiger partial charge in [0.25, 0.3) is 5.91 Å². The van der Waals surface area contributed by atoms with Crippen LogP contribution in [0.1, 0.15) is 29.1 Å². The zero-order valence-corrected chi connectivity index (χ0v) is 12.9. The molecule has 3 rings (SSSR count). The zero-order chi connectivity index (χ0) is 16.1. The monoisotopic (exact) mass is 318 g/mol. The fraction of sp³-hybridized carbons (Fsp3) is 0.500. The molecule has 122 valence electrons. The van der Waals surface area contributed by atoms with Gasteiger partial charge in [0.15, 0.2) is 0 Å². The predicted molar refractivity (Wildman–Crippen MR) is 79.9 cm³/mol. The van der Waals surface area contributed by atoms with E-state index >= 15 is 0 Å². The maximum Gasteiger partial charge on any atom is 0.254 e. The lowest BCUT2D eigenvalue weighted by Crippen LogP contribution is -2.37. The van der Waals surface area contributed by atoms with Gasteiger partial charge in [-0.15, -0.1) is 10.2 Å². The summed E-state index contributed by atoms with van der Waals surface area (Å²) in [4.78, 5) is 22.6. The largest absolute Gasteiger partial charge is 0.423 e. The van der Waals surface area contributed by atoms with Gasteiger partial charge in [-0.25, -0.2) is 9.97 Å². The van der Waals surface area contributed by atoms with E-state index in [1.54, 1.807) is 0 Å². The van der Waals surface area contributed by atoms with Gasteiger partial charge in [0.1, 0.15) is 0 Å². The third-order valence-corrected chi connectivity index (χ3v) is 3.41. The normalized spacial score (nSPS) is 14.7. The van der Waals surface area contributed by atoms with Crippen LogP contribution < -0.4 is 10.2 Å².